The molecule has 0 aliphatic carbocycles. The molecule has 106 valence electrons. The summed E-state index contributed by atoms with van der Waals surface area (Å²) < 4.78 is 39.7. The lowest BCUT2D eigenvalue weighted by Gasteiger charge is -2.13. The van der Waals surface area contributed by atoms with Gasteiger partial charge in [0.05, 0.1) is 11.2 Å². The zero-order chi connectivity index (χ0) is 14.7. The number of alkyl halides is 1. The third kappa shape index (κ3) is 4.15. The molecule has 0 saturated carbocycles. The van der Waals surface area contributed by atoms with Crippen LogP contribution in [0.2, 0.25) is 0 Å². The predicted octanol–water partition coefficient (Wildman–Crippen LogP) is 3.16. The Bertz CT molecular complexity index is 696. The minimum atomic E-state index is -3.72. The molecule has 1 atom stereocenters. The maximum atomic E-state index is 13.1. The lowest BCUT2D eigenvalue weighted by Crippen LogP contribution is -2.10. The van der Waals surface area contributed by atoms with E-state index in [2.05, 4.69) is 19.7 Å². The Hall–Kier alpha value is -0.660. The topological polar surface area (TPSA) is 63.6 Å². The minimum Gasteiger partial charge on any atom is -0.239 e. The van der Waals surface area contributed by atoms with E-state index in [0.29, 0.717) is 15.1 Å². The van der Waals surface area contributed by atoms with Crippen molar-refractivity contribution in [2.75, 3.05) is 11.6 Å². The third-order valence-corrected chi connectivity index (χ3v) is 7.30. The zero-order valence-electron chi connectivity index (χ0n) is 11.0. The van der Waals surface area contributed by atoms with Crippen molar-refractivity contribution in [1.29, 1.82) is 0 Å². The van der Waals surface area contributed by atoms with Crippen molar-refractivity contribution in [1.82, 2.24) is 0 Å². The summed E-state index contributed by atoms with van der Waals surface area (Å²) in [5.74, 6) is 0. The highest BCUT2D eigenvalue weighted by Gasteiger charge is 2.21. The molecule has 1 rings (SSSR count). The molecule has 0 bridgehead atoms. The van der Waals surface area contributed by atoms with Gasteiger partial charge >= 0.3 is 0 Å². The lowest BCUT2D eigenvalue weighted by atomic mass is 10.3. The molecule has 0 aliphatic rings. The van der Waals surface area contributed by atoms with Gasteiger partial charge in [0.15, 0.2) is 0 Å². The fourth-order valence-corrected chi connectivity index (χ4v) is 6.74. The van der Waals surface area contributed by atoms with E-state index in [9.17, 15) is 12.6 Å². The molecule has 0 saturated heterocycles. The molecular formula is C12H16BrNO3S2. The molecule has 0 fully saturated rings. The summed E-state index contributed by atoms with van der Waals surface area (Å²) in [5, 5.41) is 0.308. The van der Waals surface area contributed by atoms with Crippen LogP contribution in [-0.2, 0) is 19.8 Å². The summed E-state index contributed by atoms with van der Waals surface area (Å²) in [7, 11) is -6.87. The van der Waals surface area contributed by atoms with E-state index in [-0.39, 0.29) is 0 Å². The number of sulfonamides is 1. The van der Waals surface area contributed by atoms with Gasteiger partial charge in [0.1, 0.15) is 9.73 Å². The van der Waals surface area contributed by atoms with Gasteiger partial charge in [-0.1, -0.05) is 39.7 Å². The van der Waals surface area contributed by atoms with Gasteiger partial charge < -0.3 is 0 Å². The van der Waals surface area contributed by atoms with Gasteiger partial charge in [0.25, 0.3) is 10.0 Å². The second-order valence-corrected chi connectivity index (χ2v) is 8.84. The molecule has 0 aliphatic heterocycles. The fraction of sp³-hybridized carbons (Fsp3) is 0.333. The lowest BCUT2D eigenvalue weighted by molar-refractivity contribution is 0.603. The molecule has 1 aromatic carbocycles. The van der Waals surface area contributed by atoms with Crippen LogP contribution in [0.5, 0.6) is 0 Å². The number of benzene rings is 1. The van der Waals surface area contributed by atoms with Crippen LogP contribution in [0.1, 0.15) is 13.8 Å². The predicted molar refractivity (Wildman–Crippen MR) is 82.3 cm³/mol. The molecular weight excluding hydrogens is 350 g/mol. The molecule has 19 heavy (non-hydrogen) atoms. The Balaban J connectivity index is 3.78. The first-order valence-electron chi connectivity index (χ1n) is 5.46. The minimum absolute atomic E-state index is 0.308. The molecule has 4 nitrogen and oxygen atoms in total. The standard InChI is InChI=1S/C12H16BrNO3S2/c1-10(2)12(9-13)19(17,14-18(3,15)16)11-7-5-4-6-8-11/h4-8H,9H2,1-3H3. The Labute approximate surface area is 123 Å². The van der Waals surface area contributed by atoms with Crippen LogP contribution in [0.4, 0.5) is 0 Å². The van der Waals surface area contributed by atoms with Crippen LogP contribution >= 0.6 is 15.9 Å². The fourth-order valence-electron chi connectivity index (χ4n) is 1.51. The Morgan fingerprint density at radius 2 is 1.68 bits per heavy atom. The van der Waals surface area contributed by atoms with Crippen molar-refractivity contribution in [3.8, 4) is 0 Å². The van der Waals surface area contributed by atoms with Gasteiger partial charge in [0.2, 0.25) is 0 Å². The quantitative estimate of drug-likeness (QED) is 0.769. The molecule has 0 aromatic heterocycles. The SMILES string of the molecule is CC(C)=C(CBr)S(=O)(=NS(C)(=O)=O)c1ccccc1. The van der Waals surface area contributed by atoms with Crippen molar-refractivity contribution in [2.45, 2.75) is 18.7 Å². The summed E-state index contributed by atoms with van der Waals surface area (Å²) in [5.41, 5.74) is 0.790. The molecule has 1 unspecified atom stereocenters. The number of rotatable bonds is 4. The average Bonchev–Trinajstić information content (AvgIpc) is 2.28. The molecule has 0 N–H and O–H groups in total. The molecule has 1 aromatic rings. The van der Waals surface area contributed by atoms with Gasteiger partial charge in [-0.2, -0.15) is 0 Å². The molecule has 0 amide bonds. The third-order valence-electron chi connectivity index (χ3n) is 2.32. The Kier molecular flexibility index (Phi) is 5.34. The largest absolute Gasteiger partial charge is 0.258 e. The van der Waals surface area contributed by atoms with Crippen LogP contribution in [0.25, 0.3) is 0 Å². The normalized spacial score (nSPS) is 14.5. The number of nitrogens with zero attached hydrogens (tertiary/aromatic N) is 1. The second kappa shape index (κ2) is 6.19. The summed E-state index contributed by atoms with van der Waals surface area (Å²) in [6.07, 6.45) is 0.951. The highest BCUT2D eigenvalue weighted by Crippen LogP contribution is 2.27. The van der Waals surface area contributed by atoms with E-state index in [4.69, 9.17) is 0 Å². The number of allylic oxidation sites excluding steroid dienone is 2. The zero-order valence-corrected chi connectivity index (χ0v) is 14.2. The van der Waals surface area contributed by atoms with Crippen LogP contribution < -0.4 is 0 Å². The molecule has 7 heteroatoms. The number of hydrogen-bond donors (Lipinski definition) is 0. The van der Waals surface area contributed by atoms with E-state index in [0.717, 1.165) is 11.8 Å². The molecule has 0 heterocycles. The van der Waals surface area contributed by atoms with Crippen molar-refractivity contribution < 1.29 is 12.6 Å². The van der Waals surface area contributed by atoms with E-state index in [1.807, 2.05) is 0 Å². The van der Waals surface area contributed by atoms with Crippen molar-refractivity contribution in [3.05, 3.63) is 40.8 Å². The van der Waals surface area contributed by atoms with Crippen LogP contribution in [-0.4, -0.2) is 24.2 Å². The molecule has 0 spiro atoms. The summed E-state index contributed by atoms with van der Waals surface area (Å²) >= 11 is 3.27. The first kappa shape index (κ1) is 16.4. The van der Waals surface area contributed by atoms with Crippen LogP contribution in [0.15, 0.2) is 49.5 Å². The first-order valence-corrected chi connectivity index (χ1v) is 9.95. The summed E-state index contributed by atoms with van der Waals surface area (Å²) in [6.45, 7) is 3.58. The smallest absolute Gasteiger partial charge is 0.239 e. The van der Waals surface area contributed by atoms with Crippen molar-refractivity contribution in [2.24, 2.45) is 3.77 Å². The van der Waals surface area contributed by atoms with Gasteiger partial charge in [-0.3, -0.25) is 0 Å². The van der Waals surface area contributed by atoms with E-state index >= 15 is 0 Å². The number of halogens is 1. The van der Waals surface area contributed by atoms with Crippen molar-refractivity contribution in [3.63, 3.8) is 0 Å². The van der Waals surface area contributed by atoms with Gasteiger partial charge in [-0.05, 0) is 26.0 Å². The molecule has 0 radical (unpaired) electrons. The van der Waals surface area contributed by atoms with E-state index in [1.54, 1.807) is 44.2 Å². The summed E-state index contributed by atoms with van der Waals surface area (Å²) in [6, 6.07) is 8.46. The highest BCUT2D eigenvalue weighted by atomic mass is 79.9. The van der Waals surface area contributed by atoms with Crippen molar-refractivity contribution >= 4 is 35.7 Å². The summed E-state index contributed by atoms with van der Waals surface area (Å²) in [4.78, 5) is 0.889. The maximum absolute atomic E-state index is 13.1. The maximum Gasteiger partial charge on any atom is 0.258 e. The van der Waals surface area contributed by atoms with E-state index in [1.165, 1.54) is 0 Å². The average molecular weight is 366 g/mol. The Morgan fingerprint density at radius 1 is 1.16 bits per heavy atom. The monoisotopic (exact) mass is 365 g/mol. The van der Waals surface area contributed by atoms with Gasteiger partial charge in [-0.25, -0.2) is 12.6 Å². The Morgan fingerprint density at radius 3 is 2.05 bits per heavy atom. The second-order valence-electron chi connectivity index (χ2n) is 4.20. The van der Waals surface area contributed by atoms with Gasteiger partial charge in [-0.15, -0.1) is 3.77 Å². The van der Waals surface area contributed by atoms with Crippen LogP contribution in [0.3, 0.4) is 0 Å². The van der Waals surface area contributed by atoms with E-state index < -0.39 is 19.8 Å². The highest BCUT2D eigenvalue weighted by molar-refractivity contribution is 9.09. The van der Waals surface area contributed by atoms with Crippen LogP contribution in [0, 0.1) is 0 Å². The number of hydrogen-bond acceptors (Lipinski definition) is 3. The van der Waals surface area contributed by atoms with Gasteiger partial charge in [0, 0.05) is 10.2 Å². The first-order chi connectivity index (χ1) is 8.70.